The molecule has 3 aromatic rings. The first kappa shape index (κ1) is 18.3. The smallest absolute Gasteiger partial charge is 0.256 e. The molecule has 0 aliphatic carbocycles. The molecule has 1 heterocycles. The van der Waals surface area contributed by atoms with Crippen LogP contribution < -0.4 is 5.32 Å². The number of hydrogen-bond donors (Lipinski definition) is 1. The molecule has 9 heteroatoms. The number of amides is 1. The van der Waals surface area contributed by atoms with Gasteiger partial charge in [0, 0.05) is 5.69 Å². The van der Waals surface area contributed by atoms with E-state index in [1.165, 1.54) is 36.0 Å². The summed E-state index contributed by atoms with van der Waals surface area (Å²) in [5.41, 5.74) is 0.418. The molecular weight excluding hydrogens is 382 g/mol. The second kappa shape index (κ2) is 7.84. The summed E-state index contributed by atoms with van der Waals surface area (Å²) in [6.07, 6.45) is 1.82. The highest BCUT2D eigenvalue weighted by Crippen LogP contribution is 2.21. The van der Waals surface area contributed by atoms with Crippen molar-refractivity contribution in [3.8, 4) is 5.69 Å². The van der Waals surface area contributed by atoms with Crippen molar-refractivity contribution in [1.82, 2.24) is 20.1 Å². The molecule has 0 unspecified atom stereocenters. The summed E-state index contributed by atoms with van der Waals surface area (Å²) in [6.45, 7) is -0.00552. The lowest BCUT2D eigenvalue weighted by molar-refractivity contribution is 0.0946. The Morgan fingerprint density at radius 3 is 2.58 bits per heavy atom. The van der Waals surface area contributed by atoms with Gasteiger partial charge in [-0.05, 0) is 42.7 Å². The number of nitrogens with zero attached hydrogens (tertiary/aromatic N) is 3. The molecule has 0 saturated carbocycles. The SMILES string of the molecule is CSc1nnc(CNC(=O)c2c(F)cccc2Cl)n1-c1ccc(F)cc1. The predicted octanol–water partition coefficient (Wildman–Crippen LogP) is 3.85. The summed E-state index contributed by atoms with van der Waals surface area (Å²) in [4.78, 5) is 12.3. The molecule has 1 amide bonds. The minimum Gasteiger partial charge on any atom is -0.345 e. The summed E-state index contributed by atoms with van der Waals surface area (Å²) in [5, 5.41) is 11.3. The summed E-state index contributed by atoms with van der Waals surface area (Å²) in [6, 6.07) is 9.82. The number of carbonyl (C=O) groups excluding carboxylic acids is 1. The number of benzene rings is 2. The van der Waals surface area contributed by atoms with Crippen molar-refractivity contribution >= 4 is 29.3 Å². The number of aromatic nitrogens is 3. The first-order valence-corrected chi connectivity index (χ1v) is 9.08. The molecule has 5 nitrogen and oxygen atoms in total. The molecule has 2 aromatic carbocycles. The topological polar surface area (TPSA) is 59.8 Å². The molecule has 0 aliphatic rings. The van der Waals surface area contributed by atoms with Gasteiger partial charge in [-0.2, -0.15) is 0 Å². The lowest BCUT2D eigenvalue weighted by Crippen LogP contribution is -2.26. The van der Waals surface area contributed by atoms with E-state index in [-0.39, 0.29) is 22.9 Å². The Hall–Kier alpha value is -2.45. The van der Waals surface area contributed by atoms with Gasteiger partial charge in [0.15, 0.2) is 11.0 Å². The minimum atomic E-state index is -0.709. The van der Waals surface area contributed by atoms with Gasteiger partial charge in [-0.3, -0.25) is 9.36 Å². The van der Waals surface area contributed by atoms with E-state index < -0.39 is 11.7 Å². The zero-order valence-electron chi connectivity index (χ0n) is 13.5. The van der Waals surface area contributed by atoms with Gasteiger partial charge in [-0.15, -0.1) is 10.2 Å². The third kappa shape index (κ3) is 3.71. The Kier molecular flexibility index (Phi) is 5.53. The molecule has 0 fully saturated rings. The highest BCUT2D eigenvalue weighted by atomic mass is 35.5. The monoisotopic (exact) mass is 394 g/mol. The van der Waals surface area contributed by atoms with Crippen molar-refractivity contribution < 1.29 is 13.6 Å². The molecule has 0 saturated heterocycles. The molecule has 0 atom stereocenters. The molecule has 1 N–H and O–H groups in total. The van der Waals surface area contributed by atoms with Gasteiger partial charge in [0.2, 0.25) is 0 Å². The number of carbonyl (C=O) groups is 1. The van der Waals surface area contributed by atoms with Gasteiger partial charge in [-0.25, -0.2) is 8.78 Å². The first-order chi connectivity index (χ1) is 12.5. The average Bonchev–Trinajstić information content (AvgIpc) is 3.03. The van der Waals surface area contributed by atoms with Crippen LogP contribution in [0.3, 0.4) is 0 Å². The normalized spacial score (nSPS) is 10.8. The maximum atomic E-state index is 13.9. The highest BCUT2D eigenvalue weighted by Gasteiger charge is 2.18. The predicted molar refractivity (Wildman–Crippen MR) is 95.7 cm³/mol. The van der Waals surface area contributed by atoms with Gasteiger partial charge in [0.05, 0.1) is 17.1 Å². The Labute approximate surface area is 157 Å². The van der Waals surface area contributed by atoms with Crippen LogP contribution in [0.2, 0.25) is 5.02 Å². The molecule has 26 heavy (non-hydrogen) atoms. The second-order valence-electron chi connectivity index (χ2n) is 5.19. The summed E-state index contributed by atoms with van der Waals surface area (Å²) < 4.78 is 28.7. The highest BCUT2D eigenvalue weighted by molar-refractivity contribution is 7.98. The third-order valence-corrected chi connectivity index (χ3v) is 4.51. The fourth-order valence-corrected chi connectivity index (χ4v) is 3.12. The van der Waals surface area contributed by atoms with E-state index in [9.17, 15) is 13.6 Å². The standard InChI is InChI=1S/C17H13ClF2N4OS/c1-26-17-23-22-14(24(17)11-7-5-10(19)6-8-11)9-21-16(25)15-12(18)3-2-4-13(15)20/h2-8H,9H2,1H3,(H,21,25). The van der Waals surface area contributed by atoms with Crippen molar-refractivity contribution in [3.63, 3.8) is 0 Å². The van der Waals surface area contributed by atoms with Crippen molar-refractivity contribution in [1.29, 1.82) is 0 Å². The summed E-state index contributed by atoms with van der Waals surface area (Å²) >= 11 is 7.25. The summed E-state index contributed by atoms with van der Waals surface area (Å²) in [5.74, 6) is -1.31. The Morgan fingerprint density at radius 1 is 1.19 bits per heavy atom. The van der Waals surface area contributed by atoms with Crippen LogP contribution in [0.5, 0.6) is 0 Å². The average molecular weight is 395 g/mol. The number of thioether (sulfide) groups is 1. The lowest BCUT2D eigenvalue weighted by Gasteiger charge is -2.11. The maximum Gasteiger partial charge on any atom is 0.256 e. The second-order valence-corrected chi connectivity index (χ2v) is 6.37. The van der Waals surface area contributed by atoms with E-state index in [2.05, 4.69) is 15.5 Å². The van der Waals surface area contributed by atoms with Crippen LogP contribution >= 0.6 is 23.4 Å². The van der Waals surface area contributed by atoms with Crippen molar-refractivity contribution in [2.75, 3.05) is 6.26 Å². The van der Waals surface area contributed by atoms with Crippen LogP contribution in [0.25, 0.3) is 5.69 Å². The fraction of sp³-hybridized carbons (Fsp3) is 0.118. The van der Waals surface area contributed by atoms with Crippen LogP contribution in [-0.2, 0) is 6.54 Å². The van der Waals surface area contributed by atoms with Gasteiger partial charge in [0.25, 0.3) is 5.91 Å². The number of hydrogen-bond acceptors (Lipinski definition) is 4. The van der Waals surface area contributed by atoms with Crippen molar-refractivity contribution in [2.24, 2.45) is 0 Å². The molecule has 0 aliphatic heterocycles. The molecule has 0 bridgehead atoms. The molecule has 1 aromatic heterocycles. The summed E-state index contributed by atoms with van der Waals surface area (Å²) in [7, 11) is 0. The van der Waals surface area contributed by atoms with Crippen LogP contribution in [0, 0.1) is 11.6 Å². The van der Waals surface area contributed by atoms with Crippen LogP contribution in [0.4, 0.5) is 8.78 Å². The van der Waals surface area contributed by atoms with Gasteiger partial charge < -0.3 is 5.32 Å². The van der Waals surface area contributed by atoms with E-state index in [1.807, 2.05) is 6.26 Å². The fourth-order valence-electron chi connectivity index (χ4n) is 2.36. The molecule has 0 spiro atoms. The molecule has 0 radical (unpaired) electrons. The van der Waals surface area contributed by atoms with E-state index in [0.29, 0.717) is 16.7 Å². The van der Waals surface area contributed by atoms with E-state index >= 15 is 0 Å². The first-order valence-electron chi connectivity index (χ1n) is 7.47. The zero-order valence-corrected chi connectivity index (χ0v) is 15.1. The lowest BCUT2D eigenvalue weighted by atomic mass is 10.2. The van der Waals surface area contributed by atoms with Gasteiger partial charge in [0.1, 0.15) is 11.6 Å². The zero-order chi connectivity index (χ0) is 18.7. The van der Waals surface area contributed by atoms with E-state index in [1.54, 1.807) is 16.7 Å². The Morgan fingerprint density at radius 2 is 1.92 bits per heavy atom. The minimum absolute atomic E-state index is 0.00552. The third-order valence-electron chi connectivity index (χ3n) is 3.56. The van der Waals surface area contributed by atoms with Crippen LogP contribution in [0.15, 0.2) is 47.6 Å². The van der Waals surface area contributed by atoms with E-state index in [4.69, 9.17) is 11.6 Å². The molecule has 134 valence electrons. The Bertz CT molecular complexity index is 926. The van der Waals surface area contributed by atoms with Gasteiger partial charge >= 0.3 is 0 Å². The molecule has 3 rings (SSSR count). The van der Waals surface area contributed by atoms with E-state index in [0.717, 1.165) is 6.07 Å². The van der Waals surface area contributed by atoms with Crippen molar-refractivity contribution in [2.45, 2.75) is 11.7 Å². The number of nitrogens with one attached hydrogen (secondary N) is 1. The molecular formula is C17H13ClF2N4OS. The number of rotatable bonds is 5. The quantitative estimate of drug-likeness (QED) is 0.668. The Balaban J connectivity index is 1.86. The van der Waals surface area contributed by atoms with Gasteiger partial charge in [-0.1, -0.05) is 29.4 Å². The largest absolute Gasteiger partial charge is 0.345 e. The van der Waals surface area contributed by atoms with Crippen LogP contribution in [-0.4, -0.2) is 26.9 Å². The maximum absolute atomic E-state index is 13.9. The van der Waals surface area contributed by atoms with Crippen LogP contribution in [0.1, 0.15) is 16.2 Å². The number of halogens is 3. The van der Waals surface area contributed by atoms with Crippen molar-refractivity contribution in [3.05, 3.63) is 70.5 Å².